The molecule has 0 radical (unpaired) electrons. The number of aromatic nitrogens is 2. The van der Waals surface area contributed by atoms with Crippen molar-refractivity contribution in [1.29, 1.82) is 0 Å². The molecule has 4 nitrogen and oxygen atoms in total. The molecular weight excluding hydrogens is 262 g/mol. The summed E-state index contributed by atoms with van der Waals surface area (Å²) in [5, 5.41) is 7.81. The van der Waals surface area contributed by atoms with E-state index in [1.165, 1.54) is 18.4 Å². The van der Waals surface area contributed by atoms with E-state index in [9.17, 15) is 0 Å². The van der Waals surface area contributed by atoms with Crippen molar-refractivity contribution in [1.82, 2.24) is 15.5 Å². The summed E-state index contributed by atoms with van der Waals surface area (Å²) < 4.78 is 5.60. The van der Waals surface area contributed by atoms with Crippen LogP contribution in [-0.4, -0.2) is 16.7 Å². The van der Waals surface area contributed by atoms with Crippen molar-refractivity contribution in [2.24, 2.45) is 5.92 Å². The van der Waals surface area contributed by atoms with Gasteiger partial charge in [-0.15, -0.1) is 0 Å². The van der Waals surface area contributed by atoms with Gasteiger partial charge in [-0.05, 0) is 37.3 Å². The lowest BCUT2D eigenvalue weighted by Gasteiger charge is -2.39. The summed E-state index contributed by atoms with van der Waals surface area (Å²) in [6.07, 6.45) is 4.64. The third kappa shape index (κ3) is 2.01. The first-order valence-electron chi connectivity index (χ1n) is 7.93. The lowest BCUT2D eigenvalue weighted by Crippen LogP contribution is -2.36. The summed E-state index contributed by atoms with van der Waals surface area (Å²) in [6.45, 7) is 3.28. The minimum absolute atomic E-state index is 0.0230. The Morgan fingerprint density at radius 3 is 2.67 bits per heavy atom. The van der Waals surface area contributed by atoms with Gasteiger partial charge in [0, 0.05) is 0 Å². The molecule has 2 heterocycles. The summed E-state index contributed by atoms with van der Waals surface area (Å²) in [6, 6.07) is 10.8. The molecule has 21 heavy (non-hydrogen) atoms. The Kier molecular flexibility index (Phi) is 3.07. The molecule has 2 aromatic rings. The maximum Gasteiger partial charge on any atom is 0.244 e. The van der Waals surface area contributed by atoms with Crippen LogP contribution in [0.3, 0.4) is 0 Å². The quantitative estimate of drug-likeness (QED) is 0.939. The smallest absolute Gasteiger partial charge is 0.244 e. The molecule has 0 bridgehead atoms. The van der Waals surface area contributed by atoms with Crippen LogP contribution in [0.25, 0.3) is 0 Å². The molecule has 110 valence electrons. The fourth-order valence-corrected chi connectivity index (χ4v) is 3.65. The molecule has 0 spiro atoms. The van der Waals surface area contributed by atoms with Crippen LogP contribution in [0.5, 0.6) is 0 Å². The van der Waals surface area contributed by atoms with E-state index in [0.29, 0.717) is 5.92 Å². The standard InChI is InChI=1S/C17H21N3O/c1-12-8-11-18-14(12)15-19-16(20-21-15)17(9-5-10-17)13-6-3-2-4-7-13/h2-4,6-7,12,14,18H,5,8-11H2,1H3. The molecule has 1 saturated heterocycles. The molecule has 1 saturated carbocycles. The fourth-order valence-electron chi connectivity index (χ4n) is 3.65. The van der Waals surface area contributed by atoms with Gasteiger partial charge in [-0.2, -0.15) is 4.98 Å². The molecule has 2 unspecified atom stereocenters. The van der Waals surface area contributed by atoms with E-state index in [2.05, 4.69) is 47.7 Å². The van der Waals surface area contributed by atoms with E-state index in [0.717, 1.165) is 31.1 Å². The number of hydrogen-bond acceptors (Lipinski definition) is 4. The number of hydrogen-bond donors (Lipinski definition) is 1. The van der Waals surface area contributed by atoms with Gasteiger partial charge in [0.1, 0.15) is 0 Å². The van der Waals surface area contributed by atoms with Crippen LogP contribution < -0.4 is 5.32 Å². The maximum atomic E-state index is 5.60. The zero-order chi connectivity index (χ0) is 14.3. The zero-order valence-electron chi connectivity index (χ0n) is 12.4. The van der Waals surface area contributed by atoms with Crippen LogP contribution in [0.2, 0.25) is 0 Å². The van der Waals surface area contributed by atoms with Crippen LogP contribution >= 0.6 is 0 Å². The van der Waals surface area contributed by atoms with Gasteiger partial charge in [0.2, 0.25) is 5.89 Å². The topological polar surface area (TPSA) is 51.0 Å². The largest absolute Gasteiger partial charge is 0.338 e. The molecule has 1 N–H and O–H groups in total. The number of rotatable bonds is 3. The Morgan fingerprint density at radius 2 is 2.05 bits per heavy atom. The highest BCUT2D eigenvalue weighted by Crippen LogP contribution is 2.48. The van der Waals surface area contributed by atoms with E-state index in [-0.39, 0.29) is 11.5 Å². The summed E-state index contributed by atoms with van der Waals surface area (Å²) in [7, 11) is 0. The first-order chi connectivity index (χ1) is 10.3. The van der Waals surface area contributed by atoms with E-state index in [4.69, 9.17) is 9.51 Å². The Bertz CT molecular complexity index is 618. The fraction of sp³-hybridized carbons (Fsp3) is 0.529. The van der Waals surface area contributed by atoms with Crippen molar-refractivity contribution in [3.63, 3.8) is 0 Å². The highest BCUT2D eigenvalue weighted by Gasteiger charge is 2.45. The predicted molar refractivity (Wildman–Crippen MR) is 79.9 cm³/mol. The van der Waals surface area contributed by atoms with Crippen LogP contribution in [0.1, 0.15) is 55.9 Å². The van der Waals surface area contributed by atoms with Gasteiger partial charge in [-0.25, -0.2) is 0 Å². The Balaban J connectivity index is 1.68. The SMILES string of the molecule is CC1CCNC1c1nc(C2(c3ccccc3)CCC2)no1. The first-order valence-corrected chi connectivity index (χ1v) is 7.93. The van der Waals surface area contributed by atoms with Crippen molar-refractivity contribution in [2.75, 3.05) is 6.54 Å². The number of nitrogens with zero attached hydrogens (tertiary/aromatic N) is 2. The van der Waals surface area contributed by atoms with Crippen molar-refractivity contribution < 1.29 is 4.52 Å². The van der Waals surface area contributed by atoms with E-state index in [1.807, 2.05) is 0 Å². The molecular formula is C17H21N3O. The Labute approximate surface area is 124 Å². The molecule has 1 aliphatic carbocycles. The van der Waals surface area contributed by atoms with Gasteiger partial charge < -0.3 is 9.84 Å². The lowest BCUT2D eigenvalue weighted by molar-refractivity contribution is 0.267. The second-order valence-corrected chi connectivity index (χ2v) is 6.46. The van der Waals surface area contributed by atoms with Gasteiger partial charge in [0.05, 0.1) is 11.5 Å². The van der Waals surface area contributed by atoms with Crippen molar-refractivity contribution in [2.45, 2.75) is 44.1 Å². The highest BCUT2D eigenvalue weighted by atomic mass is 16.5. The van der Waals surface area contributed by atoms with Crippen LogP contribution in [0.4, 0.5) is 0 Å². The molecule has 4 heteroatoms. The molecule has 1 aromatic carbocycles. The number of benzene rings is 1. The highest BCUT2D eigenvalue weighted by molar-refractivity contribution is 5.35. The first kappa shape index (κ1) is 13.0. The second-order valence-electron chi connectivity index (χ2n) is 6.46. The third-order valence-electron chi connectivity index (χ3n) is 5.20. The summed E-state index contributed by atoms with van der Waals surface area (Å²) >= 11 is 0. The van der Waals surface area contributed by atoms with Gasteiger partial charge in [-0.1, -0.05) is 48.8 Å². The maximum absolute atomic E-state index is 5.60. The lowest BCUT2D eigenvalue weighted by atomic mass is 9.64. The molecule has 1 aliphatic heterocycles. The molecule has 0 amide bonds. The molecule has 2 atom stereocenters. The average molecular weight is 283 g/mol. The normalized spacial score (nSPS) is 27.5. The Morgan fingerprint density at radius 1 is 1.24 bits per heavy atom. The summed E-state index contributed by atoms with van der Waals surface area (Å²) in [4.78, 5) is 4.77. The molecule has 2 fully saturated rings. The van der Waals surface area contributed by atoms with E-state index >= 15 is 0 Å². The third-order valence-corrected chi connectivity index (χ3v) is 5.20. The molecule has 2 aliphatic rings. The van der Waals surface area contributed by atoms with Gasteiger partial charge in [0.15, 0.2) is 5.82 Å². The van der Waals surface area contributed by atoms with Crippen molar-refractivity contribution >= 4 is 0 Å². The predicted octanol–water partition coefficient (Wildman–Crippen LogP) is 3.21. The van der Waals surface area contributed by atoms with Crippen molar-refractivity contribution in [3.05, 3.63) is 47.6 Å². The monoisotopic (exact) mass is 283 g/mol. The van der Waals surface area contributed by atoms with Crippen LogP contribution in [-0.2, 0) is 5.41 Å². The van der Waals surface area contributed by atoms with E-state index in [1.54, 1.807) is 0 Å². The molecule has 1 aromatic heterocycles. The zero-order valence-corrected chi connectivity index (χ0v) is 12.4. The Hall–Kier alpha value is -1.68. The minimum Gasteiger partial charge on any atom is -0.338 e. The summed E-state index contributed by atoms with van der Waals surface area (Å²) in [5.41, 5.74) is 1.29. The average Bonchev–Trinajstić information content (AvgIpc) is 3.08. The number of nitrogens with one attached hydrogen (secondary N) is 1. The van der Waals surface area contributed by atoms with Crippen molar-refractivity contribution in [3.8, 4) is 0 Å². The van der Waals surface area contributed by atoms with Gasteiger partial charge in [-0.3, -0.25) is 0 Å². The van der Waals surface area contributed by atoms with E-state index < -0.39 is 0 Å². The molecule has 4 rings (SSSR count). The summed E-state index contributed by atoms with van der Waals surface area (Å²) in [5.74, 6) is 2.19. The van der Waals surface area contributed by atoms with Gasteiger partial charge >= 0.3 is 0 Å². The van der Waals surface area contributed by atoms with Gasteiger partial charge in [0.25, 0.3) is 0 Å². The minimum atomic E-state index is -0.0230. The second kappa shape index (κ2) is 4.95. The van der Waals surface area contributed by atoms with Crippen LogP contribution in [0.15, 0.2) is 34.9 Å². The van der Waals surface area contributed by atoms with Crippen LogP contribution in [0, 0.1) is 5.92 Å².